The minimum absolute atomic E-state index is 0.911. The van der Waals surface area contributed by atoms with Crippen LogP contribution in [0.3, 0.4) is 0 Å². The van der Waals surface area contributed by atoms with E-state index in [2.05, 4.69) is 510 Å². The molecule has 0 aliphatic heterocycles. The fraction of sp³-hybridized carbons (Fsp3) is 0. The van der Waals surface area contributed by atoms with E-state index in [4.69, 9.17) is 13.3 Å². The molecule has 3 heteroatoms. The third-order valence-corrected chi connectivity index (χ3v) is 30.2. The van der Waals surface area contributed by atoms with Gasteiger partial charge in [-0.15, -0.1) is 0 Å². The number of benzene rings is 27. The van der Waals surface area contributed by atoms with Crippen molar-refractivity contribution in [2.24, 2.45) is 0 Å². The number of hydrogen-bond acceptors (Lipinski definition) is 3. The van der Waals surface area contributed by atoms with Gasteiger partial charge in [-0.1, -0.05) is 473 Å². The number of para-hydroxylation sites is 3. The molecule has 27 aromatic carbocycles. The number of hydrogen-bond donors (Lipinski definition) is 0. The first-order valence-electron chi connectivity index (χ1n) is 50.5. The Balaban J connectivity index is 0.000000107. The Morgan fingerprint density at radius 1 is 0.0884 bits per heavy atom. The van der Waals surface area contributed by atoms with Crippen LogP contribution in [-0.2, 0) is 0 Å². The lowest BCUT2D eigenvalue weighted by Crippen LogP contribution is -1.93. The van der Waals surface area contributed by atoms with Crippen LogP contribution in [0.4, 0.5) is 0 Å². The molecule has 30 rings (SSSR count). The predicted octanol–water partition coefficient (Wildman–Crippen LogP) is 41.1. The molecule has 3 nitrogen and oxygen atoms in total. The first kappa shape index (κ1) is 85.6. The summed E-state index contributed by atoms with van der Waals surface area (Å²) >= 11 is 0. The van der Waals surface area contributed by atoms with Crippen LogP contribution in [0.15, 0.2) is 559 Å². The molecule has 0 bridgehead atoms. The van der Waals surface area contributed by atoms with Gasteiger partial charge >= 0.3 is 0 Å². The molecule has 684 valence electrons. The number of rotatable bonds is 12. The summed E-state index contributed by atoms with van der Waals surface area (Å²) in [6.45, 7) is 0. The summed E-state index contributed by atoms with van der Waals surface area (Å²) < 4.78 is 18.4. The monoisotopic (exact) mass is 1870 g/mol. The molecule has 0 atom stereocenters. The summed E-state index contributed by atoms with van der Waals surface area (Å²) in [5, 5.41) is 29.5. The van der Waals surface area contributed by atoms with Crippen molar-refractivity contribution in [3.8, 4) is 134 Å². The van der Waals surface area contributed by atoms with E-state index >= 15 is 0 Å². The Morgan fingerprint density at radius 2 is 0.286 bits per heavy atom. The molecule has 3 aromatic heterocycles. The van der Waals surface area contributed by atoms with E-state index in [1.165, 1.54) is 230 Å². The lowest BCUT2D eigenvalue weighted by Gasteiger charge is -2.20. The summed E-state index contributed by atoms with van der Waals surface area (Å²) in [4.78, 5) is 0. The van der Waals surface area contributed by atoms with Crippen molar-refractivity contribution in [1.82, 2.24) is 0 Å². The van der Waals surface area contributed by atoms with Crippen LogP contribution in [0.5, 0.6) is 0 Å². The van der Waals surface area contributed by atoms with Crippen molar-refractivity contribution in [2.45, 2.75) is 0 Å². The van der Waals surface area contributed by atoms with Gasteiger partial charge in [-0.25, -0.2) is 0 Å². The summed E-state index contributed by atoms with van der Waals surface area (Å²) in [6.07, 6.45) is 0. The zero-order valence-corrected chi connectivity index (χ0v) is 80.2. The van der Waals surface area contributed by atoms with Crippen molar-refractivity contribution in [2.75, 3.05) is 0 Å². The van der Waals surface area contributed by atoms with Gasteiger partial charge in [-0.3, -0.25) is 0 Å². The molecule has 0 saturated heterocycles. The molecule has 30 aromatic rings. The Hall–Kier alpha value is -19.3. The van der Waals surface area contributed by atoms with Crippen molar-refractivity contribution in [1.29, 1.82) is 0 Å². The molecular weight excluding hydrogens is 1780 g/mol. The van der Waals surface area contributed by atoms with E-state index in [-0.39, 0.29) is 0 Å². The molecule has 0 aliphatic rings. The standard InChI is InChI=1S/3C48H30O/c1-2-15-37-32(11-1)12-10-21-38(37)35-13-9-14-36(29-35)48-42-19-5-3-17-40(42)47(41-18-4-6-20-43(41)48)33-25-23-31(24-26-33)34-27-28-46-44(30-34)39-16-7-8-22-45(39)49-46;1-2-15-37-31(11-1)12-10-21-38(37)32-23-25-33(26-24-32)47-40-17-3-5-19-42(40)48(43-20-6-4-18-41(43)47)36-14-9-13-34(29-36)35-27-28-46-44(30-35)39-16-7-8-22-45(39)49-46;1-2-17-35-31(13-1)14-12-25-36(35)32-15-11-16-34(29-32)47-40-21-5-7-23-42(40)48(43-24-8-6-22-41(43)47)39-20-4-3-18-37(39)33-27-28-46-44(30-33)38-19-9-10-26-45(38)49-46/h3*1-30H. The lowest BCUT2D eigenvalue weighted by molar-refractivity contribution is 0.668. The molecule has 3 heterocycles. The van der Waals surface area contributed by atoms with Crippen LogP contribution >= 0.6 is 0 Å². The highest BCUT2D eigenvalue weighted by molar-refractivity contribution is 6.26. The van der Waals surface area contributed by atoms with Crippen molar-refractivity contribution in [3.05, 3.63) is 546 Å². The first-order chi connectivity index (χ1) is 72.9. The van der Waals surface area contributed by atoms with Gasteiger partial charge in [-0.2, -0.15) is 0 Å². The van der Waals surface area contributed by atoms with Gasteiger partial charge in [0.15, 0.2) is 0 Å². The SMILES string of the molecule is c1cc(-c2ccc3oc4ccccc4c3c2)cc(-c2c3ccccc3c(-c3ccc(-c4cccc5ccccc45)cc3)c3ccccc23)c1.c1cc(-c2cccc3ccccc23)cc(-c2c3ccccc3c(-c3ccc(-c4ccc5oc6ccccc6c5c4)cc3)c3ccccc23)c1.c1cc(-c2cccc3ccccc23)cc(-c2c3ccccc3c(-c3ccccc3-c3ccc4oc5ccccc5c4c3)c3ccccc23)c1. The third-order valence-electron chi connectivity index (χ3n) is 30.2. The number of furan rings is 3. The lowest BCUT2D eigenvalue weighted by atomic mass is 9.83. The topological polar surface area (TPSA) is 39.4 Å². The molecule has 0 saturated carbocycles. The van der Waals surface area contributed by atoms with Gasteiger partial charge in [0.05, 0.1) is 0 Å². The molecule has 0 spiro atoms. The molecule has 147 heavy (non-hydrogen) atoms. The number of fused-ring (bicyclic) bond motifs is 18. The minimum atomic E-state index is 0.911. The van der Waals surface area contributed by atoms with Crippen LogP contribution in [0, 0.1) is 0 Å². The Bertz CT molecular complexity index is 10300. The average molecular weight is 1870 g/mol. The second-order valence-electron chi connectivity index (χ2n) is 38.5. The van der Waals surface area contributed by atoms with Gasteiger partial charge in [0.2, 0.25) is 0 Å². The van der Waals surface area contributed by atoms with Gasteiger partial charge in [-0.05, 0) is 303 Å². The highest BCUT2D eigenvalue weighted by atomic mass is 16.3. The summed E-state index contributed by atoms with van der Waals surface area (Å²) in [6, 6.07) is 198. The van der Waals surface area contributed by atoms with Crippen LogP contribution in [0.25, 0.3) is 296 Å². The van der Waals surface area contributed by atoms with E-state index in [9.17, 15) is 0 Å². The Labute approximate surface area is 849 Å². The molecule has 0 amide bonds. The summed E-state index contributed by atoms with van der Waals surface area (Å²) in [7, 11) is 0. The van der Waals surface area contributed by atoms with Crippen molar-refractivity contribution >= 4 is 163 Å². The van der Waals surface area contributed by atoms with Crippen LogP contribution in [0.2, 0.25) is 0 Å². The van der Waals surface area contributed by atoms with Gasteiger partial charge in [0, 0.05) is 32.3 Å². The highest BCUT2D eigenvalue weighted by Crippen LogP contribution is 2.52. The van der Waals surface area contributed by atoms with E-state index in [1.807, 2.05) is 36.4 Å². The molecular formula is C144H90O3. The van der Waals surface area contributed by atoms with Gasteiger partial charge in [0.25, 0.3) is 0 Å². The van der Waals surface area contributed by atoms with E-state index in [0.717, 1.165) is 65.8 Å². The minimum Gasteiger partial charge on any atom is -0.456 e. The Kier molecular flexibility index (Phi) is 21.0. The highest BCUT2D eigenvalue weighted by Gasteiger charge is 2.25. The van der Waals surface area contributed by atoms with Crippen LogP contribution in [-0.4, -0.2) is 0 Å². The first-order valence-corrected chi connectivity index (χ1v) is 50.5. The fourth-order valence-electron chi connectivity index (χ4n) is 23.5. The maximum absolute atomic E-state index is 6.19. The second-order valence-corrected chi connectivity index (χ2v) is 38.5. The van der Waals surface area contributed by atoms with Crippen molar-refractivity contribution in [3.63, 3.8) is 0 Å². The predicted molar refractivity (Wildman–Crippen MR) is 624 cm³/mol. The zero-order valence-electron chi connectivity index (χ0n) is 80.2. The molecule has 0 unspecified atom stereocenters. The second kappa shape index (κ2) is 36.0. The molecule has 0 aliphatic carbocycles. The van der Waals surface area contributed by atoms with E-state index in [1.54, 1.807) is 0 Å². The van der Waals surface area contributed by atoms with Crippen LogP contribution in [0.1, 0.15) is 0 Å². The average Bonchev–Trinajstić information content (AvgIpc) is 1.73. The summed E-state index contributed by atoms with van der Waals surface area (Å²) in [5.41, 5.74) is 35.0. The van der Waals surface area contributed by atoms with Gasteiger partial charge < -0.3 is 13.3 Å². The largest absolute Gasteiger partial charge is 0.456 e. The Morgan fingerprint density at radius 3 is 0.646 bits per heavy atom. The zero-order chi connectivity index (χ0) is 96.9. The fourth-order valence-corrected chi connectivity index (χ4v) is 23.5. The maximum Gasteiger partial charge on any atom is 0.135 e. The van der Waals surface area contributed by atoms with Crippen molar-refractivity contribution < 1.29 is 13.3 Å². The van der Waals surface area contributed by atoms with E-state index < -0.39 is 0 Å². The summed E-state index contributed by atoms with van der Waals surface area (Å²) in [5.74, 6) is 0. The van der Waals surface area contributed by atoms with Gasteiger partial charge in [0.1, 0.15) is 33.5 Å². The quantitative estimate of drug-likeness (QED) is 0.114. The van der Waals surface area contributed by atoms with Crippen LogP contribution < -0.4 is 0 Å². The normalized spacial score (nSPS) is 11.7. The molecule has 0 N–H and O–H groups in total. The molecule has 0 fully saturated rings. The smallest absolute Gasteiger partial charge is 0.135 e. The maximum atomic E-state index is 6.19. The van der Waals surface area contributed by atoms with E-state index in [0.29, 0.717) is 0 Å². The third kappa shape index (κ3) is 15.0. The molecule has 0 radical (unpaired) electrons.